The van der Waals surface area contributed by atoms with Crippen molar-refractivity contribution >= 4 is 11.9 Å². The minimum atomic E-state index is -0.573. The molecule has 5 heteroatoms. The molecule has 1 saturated heterocycles. The van der Waals surface area contributed by atoms with E-state index in [1.54, 1.807) is 0 Å². The third-order valence-corrected chi connectivity index (χ3v) is 2.01. The molecular formula is C8H13NO4. The van der Waals surface area contributed by atoms with Crippen LogP contribution in [0.15, 0.2) is 0 Å². The monoisotopic (exact) mass is 187 g/mol. The van der Waals surface area contributed by atoms with E-state index in [2.05, 4.69) is 4.74 Å². The van der Waals surface area contributed by atoms with Crippen LogP contribution in [0.5, 0.6) is 0 Å². The molecule has 0 saturated carbocycles. The zero-order chi connectivity index (χ0) is 9.84. The molecule has 0 spiro atoms. The summed E-state index contributed by atoms with van der Waals surface area (Å²) >= 11 is 0. The molecule has 1 aliphatic heterocycles. The van der Waals surface area contributed by atoms with Crippen LogP contribution in [0.2, 0.25) is 0 Å². The number of rotatable bonds is 1. The van der Waals surface area contributed by atoms with Crippen LogP contribution in [0.25, 0.3) is 0 Å². The van der Waals surface area contributed by atoms with Gasteiger partial charge in [-0.05, 0) is 0 Å². The van der Waals surface area contributed by atoms with Crippen molar-refractivity contribution < 1.29 is 19.1 Å². The number of carbonyl (C=O) groups is 2. The summed E-state index contributed by atoms with van der Waals surface area (Å²) in [6.07, 6.45) is 0. The zero-order valence-electron chi connectivity index (χ0n) is 7.78. The molecule has 0 bridgehead atoms. The van der Waals surface area contributed by atoms with Gasteiger partial charge < -0.3 is 14.4 Å². The van der Waals surface area contributed by atoms with Gasteiger partial charge in [-0.2, -0.15) is 0 Å². The first-order chi connectivity index (χ1) is 6.16. The molecule has 1 heterocycles. The fourth-order valence-corrected chi connectivity index (χ4v) is 1.31. The molecule has 1 amide bonds. The normalized spacial score (nSPS) is 22.6. The van der Waals surface area contributed by atoms with Crippen LogP contribution in [-0.4, -0.2) is 49.7 Å². The van der Waals surface area contributed by atoms with Crippen molar-refractivity contribution in [3.05, 3.63) is 0 Å². The number of methoxy groups -OCH3 is 1. The van der Waals surface area contributed by atoms with Crippen LogP contribution in [0.1, 0.15) is 6.92 Å². The Hall–Kier alpha value is -1.10. The van der Waals surface area contributed by atoms with Gasteiger partial charge in [-0.3, -0.25) is 4.79 Å². The van der Waals surface area contributed by atoms with E-state index in [0.717, 1.165) is 0 Å². The predicted molar refractivity (Wildman–Crippen MR) is 44.0 cm³/mol. The van der Waals surface area contributed by atoms with Gasteiger partial charge >= 0.3 is 5.97 Å². The SMILES string of the molecule is COC(=O)C1COCCN1C(C)=O. The fraction of sp³-hybridized carbons (Fsp3) is 0.750. The maximum Gasteiger partial charge on any atom is 0.331 e. The molecule has 0 aromatic carbocycles. The number of amides is 1. The number of ether oxygens (including phenoxy) is 2. The van der Waals surface area contributed by atoms with Gasteiger partial charge in [0, 0.05) is 13.5 Å². The first kappa shape index (κ1) is 9.98. The summed E-state index contributed by atoms with van der Waals surface area (Å²) in [6, 6.07) is -0.573. The molecule has 5 nitrogen and oxygen atoms in total. The quantitative estimate of drug-likeness (QED) is 0.515. The van der Waals surface area contributed by atoms with Crippen molar-refractivity contribution in [3.63, 3.8) is 0 Å². The summed E-state index contributed by atoms with van der Waals surface area (Å²) in [4.78, 5) is 23.7. The third kappa shape index (κ3) is 2.18. The highest BCUT2D eigenvalue weighted by atomic mass is 16.5. The lowest BCUT2D eigenvalue weighted by atomic mass is 10.2. The highest BCUT2D eigenvalue weighted by Gasteiger charge is 2.31. The Morgan fingerprint density at radius 2 is 2.23 bits per heavy atom. The number of esters is 1. The Morgan fingerprint density at radius 3 is 2.77 bits per heavy atom. The molecule has 1 rings (SSSR count). The molecule has 0 N–H and O–H groups in total. The fourth-order valence-electron chi connectivity index (χ4n) is 1.31. The van der Waals surface area contributed by atoms with Crippen LogP contribution in [-0.2, 0) is 19.1 Å². The summed E-state index contributed by atoms with van der Waals surface area (Å²) in [5, 5.41) is 0. The van der Waals surface area contributed by atoms with E-state index in [1.807, 2.05) is 0 Å². The average Bonchev–Trinajstić information content (AvgIpc) is 2.16. The summed E-state index contributed by atoms with van der Waals surface area (Å²) in [5.74, 6) is -0.548. The van der Waals surface area contributed by atoms with Crippen molar-refractivity contribution in [2.45, 2.75) is 13.0 Å². The molecule has 1 fully saturated rings. The first-order valence-electron chi connectivity index (χ1n) is 4.09. The van der Waals surface area contributed by atoms with Crippen molar-refractivity contribution in [1.82, 2.24) is 4.90 Å². The third-order valence-electron chi connectivity index (χ3n) is 2.01. The zero-order valence-corrected chi connectivity index (χ0v) is 7.78. The number of carbonyl (C=O) groups excluding carboxylic acids is 2. The number of nitrogens with zero attached hydrogens (tertiary/aromatic N) is 1. The second-order valence-corrected chi connectivity index (χ2v) is 2.83. The number of morpholine rings is 1. The Bertz CT molecular complexity index is 216. The van der Waals surface area contributed by atoms with E-state index >= 15 is 0 Å². The minimum absolute atomic E-state index is 0.126. The number of hydrogen-bond acceptors (Lipinski definition) is 4. The molecule has 0 aliphatic carbocycles. The smallest absolute Gasteiger partial charge is 0.331 e. The molecule has 1 aliphatic rings. The van der Waals surface area contributed by atoms with E-state index in [1.165, 1.54) is 18.9 Å². The van der Waals surface area contributed by atoms with Crippen LogP contribution < -0.4 is 0 Å². The number of hydrogen-bond donors (Lipinski definition) is 0. The topological polar surface area (TPSA) is 55.8 Å². The van der Waals surface area contributed by atoms with E-state index in [-0.39, 0.29) is 12.5 Å². The molecular weight excluding hydrogens is 174 g/mol. The lowest BCUT2D eigenvalue weighted by Gasteiger charge is -2.32. The molecule has 1 atom stereocenters. The summed E-state index contributed by atoms with van der Waals surface area (Å²) in [6.45, 7) is 2.59. The second-order valence-electron chi connectivity index (χ2n) is 2.83. The Labute approximate surface area is 76.6 Å². The van der Waals surface area contributed by atoms with Gasteiger partial charge in [-0.1, -0.05) is 0 Å². The lowest BCUT2D eigenvalue weighted by Crippen LogP contribution is -2.52. The van der Waals surface area contributed by atoms with Crippen molar-refractivity contribution in [3.8, 4) is 0 Å². The highest BCUT2D eigenvalue weighted by molar-refractivity contribution is 5.83. The minimum Gasteiger partial charge on any atom is -0.467 e. The van der Waals surface area contributed by atoms with Crippen molar-refractivity contribution in [2.75, 3.05) is 26.9 Å². The Morgan fingerprint density at radius 1 is 1.54 bits per heavy atom. The van der Waals surface area contributed by atoms with Crippen LogP contribution >= 0.6 is 0 Å². The van der Waals surface area contributed by atoms with E-state index in [4.69, 9.17) is 4.74 Å². The molecule has 0 aromatic heterocycles. The van der Waals surface area contributed by atoms with Crippen LogP contribution in [0.4, 0.5) is 0 Å². The van der Waals surface area contributed by atoms with Gasteiger partial charge in [0.1, 0.15) is 0 Å². The van der Waals surface area contributed by atoms with Crippen LogP contribution in [0.3, 0.4) is 0 Å². The maximum absolute atomic E-state index is 11.2. The summed E-state index contributed by atoms with van der Waals surface area (Å²) in [5.41, 5.74) is 0. The molecule has 0 radical (unpaired) electrons. The summed E-state index contributed by atoms with van der Waals surface area (Å²) in [7, 11) is 1.30. The van der Waals surface area contributed by atoms with E-state index in [0.29, 0.717) is 13.2 Å². The second kappa shape index (κ2) is 4.23. The highest BCUT2D eigenvalue weighted by Crippen LogP contribution is 2.08. The van der Waals surface area contributed by atoms with Gasteiger partial charge in [0.2, 0.25) is 5.91 Å². The van der Waals surface area contributed by atoms with E-state index in [9.17, 15) is 9.59 Å². The van der Waals surface area contributed by atoms with Crippen LogP contribution in [0, 0.1) is 0 Å². The van der Waals surface area contributed by atoms with Gasteiger partial charge in [-0.15, -0.1) is 0 Å². The van der Waals surface area contributed by atoms with Gasteiger partial charge in [0.25, 0.3) is 0 Å². The van der Waals surface area contributed by atoms with Gasteiger partial charge in [0.15, 0.2) is 6.04 Å². The van der Waals surface area contributed by atoms with Crippen molar-refractivity contribution in [2.24, 2.45) is 0 Å². The molecule has 13 heavy (non-hydrogen) atoms. The van der Waals surface area contributed by atoms with E-state index < -0.39 is 12.0 Å². The summed E-state index contributed by atoms with van der Waals surface area (Å²) < 4.78 is 9.65. The predicted octanol–water partition coefficient (Wildman–Crippen LogP) is -0.593. The largest absolute Gasteiger partial charge is 0.467 e. The maximum atomic E-state index is 11.2. The average molecular weight is 187 g/mol. The Kier molecular flexibility index (Phi) is 3.25. The first-order valence-corrected chi connectivity index (χ1v) is 4.09. The van der Waals surface area contributed by atoms with Gasteiger partial charge in [-0.25, -0.2) is 4.79 Å². The Balaban J connectivity index is 2.67. The molecule has 1 unspecified atom stereocenters. The standard InChI is InChI=1S/C8H13NO4/c1-6(10)9-3-4-13-5-7(9)8(11)12-2/h7H,3-5H2,1-2H3. The molecule has 0 aromatic rings. The van der Waals surface area contributed by atoms with Crippen molar-refractivity contribution in [1.29, 1.82) is 0 Å². The lowest BCUT2D eigenvalue weighted by molar-refractivity contribution is -0.159. The molecule has 74 valence electrons. The van der Waals surface area contributed by atoms with Gasteiger partial charge in [0.05, 0.1) is 20.3 Å².